The Balaban J connectivity index is 1.12. The second kappa shape index (κ2) is 12.3. The molecule has 2 atom stereocenters. The normalized spacial score (nSPS) is 18.4. The van der Waals surface area contributed by atoms with E-state index in [1.165, 1.54) is 75.8 Å². The Hall–Kier alpha value is -5.96. The van der Waals surface area contributed by atoms with Gasteiger partial charge in [-0.25, -0.2) is 0 Å². The minimum absolute atomic E-state index is 0.426. The Morgan fingerprint density at radius 3 is 2.15 bits per heavy atom. The van der Waals surface area contributed by atoms with Gasteiger partial charge in [-0.15, -0.1) is 11.3 Å². The maximum atomic E-state index is 2.46. The number of hydrogen-bond acceptors (Lipinski definition) is 2. The molecular weight excluding hydrogens is 671 g/mol. The second-order valence-electron chi connectivity index (χ2n) is 15.2. The van der Waals surface area contributed by atoms with Crippen molar-refractivity contribution in [1.82, 2.24) is 0 Å². The molecule has 0 spiro atoms. The summed E-state index contributed by atoms with van der Waals surface area (Å²) in [6.07, 6.45) is 8.11. The zero-order chi connectivity index (χ0) is 35.8. The molecule has 11 rings (SSSR count). The lowest BCUT2D eigenvalue weighted by molar-refractivity contribution is 0.718. The molecule has 8 aromatic rings. The molecule has 1 aromatic heterocycles. The van der Waals surface area contributed by atoms with Crippen LogP contribution in [0.3, 0.4) is 0 Å². The highest BCUT2D eigenvalue weighted by Gasteiger charge is 2.47. The first-order valence-corrected chi connectivity index (χ1v) is 20.1. The molecule has 0 N–H and O–H groups in total. The molecule has 3 aliphatic carbocycles. The molecular formula is C52H39NS. The van der Waals surface area contributed by atoms with Crippen molar-refractivity contribution in [3.8, 4) is 11.1 Å². The summed E-state index contributed by atoms with van der Waals surface area (Å²) in [7, 11) is 0. The van der Waals surface area contributed by atoms with Gasteiger partial charge in [-0.1, -0.05) is 140 Å². The number of para-hydroxylation sites is 1. The number of rotatable bonds is 5. The summed E-state index contributed by atoms with van der Waals surface area (Å²) in [5.74, 6) is 0.506. The highest BCUT2D eigenvalue weighted by molar-refractivity contribution is 7.26. The van der Waals surface area contributed by atoms with Gasteiger partial charge in [-0.05, 0) is 118 Å². The Kier molecular flexibility index (Phi) is 7.19. The van der Waals surface area contributed by atoms with Crippen molar-refractivity contribution < 1.29 is 0 Å². The molecule has 2 unspecified atom stereocenters. The van der Waals surface area contributed by atoms with Gasteiger partial charge in [-0.3, -0.25) is 0 Å². The summed E-state index contributed by atoms with van der Waals surface area (Å²) >= 11 is 1.94. The van der Waals surface area contributed by atoms with Crippen molar-refractivity contribution in [3.63, 3.8) is 0 Å². The van der Waals surface area contributed by atoms with Crippen LogP contribution in [0.1, 0.15) is 46.7 Å². The molecule has 0 bridgehead atoms. The van der Waals surface area contributed by atoms with E-state index < -0.39 is 5.41 Å². The summed E-state index contributed by atoms with van der Waals surface area (Å²) in [6, 6.07) is 61.4. The van der Waals surface area contributed by atoms with Crippen LogP contribution in [0.5, 0.6) is 0 Å². The van der Waals surface area contributed by atoms with Crippen LogP contribution in [0, 0.1) is 5.92 Å². The predicted molar refractivity (Wildman–Crippen MR) is 229 cm³/mol. The van der Waals surface area contributed by atoms with Gasteiger partial charge >= 0.3 is 0 Å². The minimum atomic E-state index is -0.426. The van der Waals surface area contributed by atoms with Crippen molar-refractivity contribution in [2.75, 3.05) is 4.90 Å². The fourth-order valence-electron chi connectivity index (χ4n) is 9.83. The average Bonchev–Trinajstić information content (AvgIpc) is 3.75. The van der Waals surface area contributed by atoms with Gasteiger partial charge < -0.3 is 4.90 Å². The van der Waals surface area contributed by atoms with Crippen LogP contribution in [0.15, 0.2) is 182 Å². The molecule has 3 aliphatic rings. The number of nitrogens with zero attached hydrogens (tertiary/aromatic N) is 1. The van der Waals surface area contributed by atoms with Crippen LogP contribution in [0.25, 0.3) is 36.9 Å². The zero-order valence-corrected chi connectivity index (χ0v) is 31.1. The first-order chi connectivity index (χ1) is 26.7. The van der Waals surface area contributed by atoms with Crippen LogP contribution in [0.2, 0.25) is 0 Å². The third-order valence-electron chi connectivity index (χ3n) is 12.2. The van der Waals surface area contributed by atoms with Crippen molar-refractivity contribution in [3.05, 3.63) is 215 Å². The fraction of sp³-hybridized carbons (Fsp3) is 0.115. The number of thiophene rings is 1. The molecule has 0 aliphatic heterocycles. The molecule has 0 amide bonds. The Morgan fingerprint density at radius 2 is 1.28 bits per heavy atom. The van der Waals surface area contributed by atoms with Gasteiger partial charge in [-0.2, -0.15) is 0 Å². The van der Waals surface area contributed by atoms with E-state index in [2.05, 4.69) is 188 Å². The van der Waals surface area contributed by atoms with E-state index in [9.17, 15) is 0 Å². The summed E-state index contributed by atoms with van der Waals surface area (Å²) in [5.41, 5.74) is 17.1. The number of hydrogen-bond donors (Lipinski definition) is 0. The van der Waals surface area contributed by atoms with Gasteiger partial charge in [0.2, 0.25) is 0 Å². The highest BCUT2D eigenvalue weighted by Crippen LogP contribution is 2.58. The lowest BCUT2D eigenvalue weighted by atomic mass is 9.66. The molecule has 0 fully saturated rings. The van der Waals surface area contributed by atoms with Crippen LogP contribution in [-0.4, -0.2) is 0 Å². The predicted octanol–water partition coefficient (Wildman–Crippen LogP) is 14.0. The fourth-order valence-corrected chi connectivity index (χ4v) is 11.1. The number of benzene rings is 7. The van der Waals surface area contributed by atoms with Crippen LogP contribution >= 0.6 is 11.3 Å². The zero-order valence-electron chi connectivity index (χ0n) is 30.3. The Morgan fingerprint density at radius 1 is 0.574 bits per heavy atom. The molecule has 7 aromatic carbocycles. The van der Waals surface area contributed by atoms with E-state index in [4.69, 9.17) is 0 Å². The third kappa shape index (κ3) is 4.63. The third-order valence-corrected chi connectivity index (χ3v) is 13.4. The summed E-state index contributed by atoms with van der Waals surface area (Å²) in [6.45, 7) is 2.34. The molecule has 54 heavy (non-hydrogen) atoms. The minimum Gasteiger partial charge on any atom is -0.310 e. The first kappa shape index (κ1) is 31.6. The van der Waals surface area contributed by atoms with E-state index in [0.717, 1.165) is 36.3 Å². The highest BCUT2D eigenvalue weighted by atomic mass is 32.1. The van der Waals surface area contributed by atoms with Crippen molar-refractivity contribution in [2.45, 2.75) is 31.6 Å². The smallest absolute Gasteiger partial charge is 0.0710 e. The summed E-state index contributed by atoms with van der Waals surface area (Å²) < 4.78 is 2.74. The number of aryl methyl sites for hydroxylation is 2. The quantitative estimate of drug-likeness (QED) is 0.172. The molecule has 258 valence electrons. The van der Waals surface area contributed by atoms with Gasteiger partial charge in [0.05, 0.1) is 5.41 Å². The maximum Gasteiger partial charge on any atom is 0.0710 e. The van der Waals surface area contributed by atoms with Crippen LogP contribution in [-0.2, 0) is 18.3 Å². The van der Waals surface area contributed by atoms with Gasteiger partial charge in [0, 0.05) is 42.8 Å². The summed E-state index contributed by atoms with van der Waals surface area (Å²) in [5, 5.41) is 2.66. The van der Waals surface area contributed by atoms with Crippen LogP contribution < -0.4 is 4.90 Å². The maximum absolute atomic E-state index is 2.46. The lowest BCUT2D eigenvalue weighted by Gasteiger charge is -2.36. The number of anilines is 3. The average molecular weight is 710 g/mol. The Bertz CT molecular complexity index is 2820. The molecule has 0 saturated heterocycles. The molecule has 0 saturated carbocycles. The van der Waals surface area contributed by atoms with E-state index in [1.807, 2.05) is 11.3 Å². The second-order valence-corrected chi connectivity index (χ2v) is 16.3. The topological polar surface area (TPSA) is 3.24 Å². The lowest BCUT2D eigenvalue weighted by Crippen LogP contribution is -2.30. The van der Waals surface area contributed by atoms with E-state index in [0.29, 0.717) is 5.92 Å². The van der Waals surface area contributed by atoms with E-state index in [1.54, 1.807) is 0 Å². The standard InChI is InChI=1S/C52H39NS/c1-34-23-29-48-45(31-34)43-21-10-11-22-47(43)52(48,37-14-4-2-5-15-37)38-16-12-19-40(32-38)53(39-17-6-3-7-18-39)41-27-30-49-46(33-41)44-28-26-36-25-24-35-13-8-9-20-42(35)50(36)51(44)54-49/h2-23,26-30,32-34H,24-25,31H2,1H3. The SMILES string of the molecule is CC1C=CC2=C(C1)c1ccccc1C2(c1ccccc1)c1cccc(N(c2ccccc2)c2ccc3sc4c5c(ccc4c3c2)CCc2ccccc2-5)c1. The molecule has 1 nitrogen and oxygen atoms in total. The monoisotopic (exact) mass is 709 g/mol. The first-order valence-electron chi connectivity index (χ1n) is 19.3. The number of fused-ring (bicyclic) bond motifs is 9. The summed E-state index contributed by atoms with van der Waals surface area (Å²) in [4.78, 5) is 2.45. The largest absolute Gasteiger partial charge is 0.310 e. The van der Waals surface area contributed by atoms with Gasteiger partial charge in [0.15, 0.2) is 0 Å². The van der Waals surface area contributed by atoms with Crippen molar-refractivity contribution in [2.24, 2.45) is 5.92 Å². The van der Waals surface area contributed by atoms with Gasteiger partial charge in [0.1, 0.15) is 0 Å². The van der Waals surface area contributed by atoms with Crippen molar-refractivity contribution >= 4 is 54.1 Å². The molecule has 2 heteroatoms. The molecule has 0 radical (unpaired) electrons. The van der Waals surface area contributed by atoms with Gasteiger partial charge in [0.25, 0.3) is 0 Å². The Labute approximate surface area is 321 Å². The van der Waals surface area contributed by atoms with Crippen molar-refractivity contribution in [1.29, 1.82) is 0 Å². The van der Waals surface area contributed by atoms with E-state index in [-0.39, 0.29) is 0 Å². The van der Waals surface area contributed by atoms with Crippen LogP contribution in [0.4, 0.5) is 17.1 Å². The molecule has 1 heterocycles. The number of allylic oxidation sites excluding steroid dienone is 4. The van der Waals surface area contributed by atoms with E-state index >= 15 is 0 Å².